The lowest BCUT2D eigenvalue weighted by atomic mass is 9.98. The van der Waals surface area contributed by atoms with Crippen molar-refractivity contribution in [3.63, 3.8) is 0 Å². The molecule has 0 spiro atoms. The SMILES string of the molecule is CCCCCc1nc2cc(C)c(C)c(O)c2n1Cc1ccc(-c2ccccc2-c2nn[nH]n2)cc1. The van der Waals surface area contributed by atoms with Crippen LogP contribution in [0.1, 0.15) is 48.7 Å². The first-order chi connectivity index (χ1) is 17.1. The number of phenols is 1. The molecule has 2 heterocycles. The molecule has 0 bridgehead atoms. The first kappa shape index (κ1) is 22.8. The number of hydrogen-bond acceptors (Lipinski definition) is 5. The third kappa shape index (κ3) is 4.41. The molecular formula is C28H30N6O. The van der Waals surface area contributed by atoms with Gasteiger partial charge in [0.1, 0.15) is 17.1 Å². The van der Waals surface area contributed by atoms with E-state index in [2.05, 4.69) is 68.5 Å². The Labute approximate surface area is 204 Å². The molecule has 35 heavy (non-hydrogen) atoms. The molecule has 7 nitrogen and oxygen atoms in total. The lowest BCUT2D eigenvalue weighted by Gasteiger charge is -2.13. The van der Waals surface area contributed by atoms with Gasteiger partial charge in [-0.25, -0.2) is 4.98 Å². The van der Waals surface area contributed by atoms with Crippen LogP contribution >= 0.6 is 0 Å². The van der Waals surface area contributed by atoms with Crippen molar-refractivity contribution >= 4 is 11.0 Å². The van der Waals surface area contributed by atoms with Crippen molar-refractivity contribution in [2.45, 2.75) is 53.0 Å². The van der Waals surface area contributed by atoms with Crippen LogP contribution in [-0.2, 0) is 13.0 Å². The molecule has 0 radical (unpaired) electrons. The van der Waals surface area contributed by atoms with Gasteiger partial charge in [-0.05, 0) is 59.4 Å². The molecule has 3 aromatic carbocycles. The predicted octanol–water partition coefficient (Wildman–Crippen LogP) is 5.99. The number of nitrogens with one attached hydrogen (secondary N) is 1. The second-order valence-corrected chi connectivity index (χ2v) is 9.08. The Morgan fingerprint density at radius 2 is 1.74 bits per heavy atom. The van der Waals surface area contributed by atoms with Crippen molar-refractivity contribution in [3.8, 4) is 28.3 Å². The molecule has 2 N–H and O–H groups in total. The van der Waals surface area contributed by atoms with E-state index in [1.807, 2.05) is 32.0 Å². The number of aryl methyl sites for hydroxylation is 2. The maximum atomic E-state index is 11.0. The van der Waals surface area contributed by atoms with E-state index in [1.165, 1.54) is 6.42 Å². The van der Waals surface area contributed by atoms with Crippen molar-refractivity contribution in [2.75, 3.05) is 0 Å². The van der Waals surface area contributed by atoms with Crippen LogP contribution in [0.5, 0.6) is 5.75 Å². The summed E-state index contributed by atoms with van der Waals surface area (Å²) in [4.78, 5) is 4.93. The lowest BCUT2D eigenvalue weighted by molar-refractivity contribution is 0.473. The molecule has 0 amide bonds. The molecule has 178 valence electrons. The zero-order valence-corrected chi connectivity index (χ0v) is 20.4. The Hall–Kier alpha value is -4.00. The zero-order chi connectivity index (χ0) is 24.4. The molecule has 0 saturated carbocycles. The first-order valence-corrected chi connectivity index (χ1v) is 12.2. The van der Waals surface area contributed by atoms with E-state index in [4.69, 9.17) is 4.98 Å². The van der Waals surface area contributed by atoms with E-state index in [-0.39, 0.29) is 0 Å². The van der Waals surface area contributed by atoms with Gasteiger partial charge in [0, 0.05) is 18.5 Å². The molecule has 0 aliphatic carbocycles. The summed E-state index contributed by atoms with van der Waals surface area (Å²) in [7, 11) is 0. The second kappa shape index (κ2) is 9.70. The van der Waals surface area contributed by atoms with Crippen LogP contribution in [0, 0.1) is 13.8 Å². The quantitative estimate of drug-likeness (QED) is 0.274. The highest BCUT2D eigenvalue weighted by Crippen LogP contribution is 2.34. The molecule has 7 heteroatoms. The summed E-state index contributed by atoms with van der Waals surface area (Å²) in [6.45, 7) is 6.85. The fourth-order valence-corrected chi connectivity index (χ4v) is 4.62. The van der Waals surface area contributed by atoms with Gasteiger partial charge in [-0.3, -0.25) is 0 Å². The number of tetrazole rings is 1. The molecule has 0 aliphatic rings. The van der Waals surface area contributed by atoms with Gasteiger partial charge in [0.25, 0.3) is 0 Å². The smallest absolute Gasteiger partial charge is 0.205 e. The Morgan fingerprint density at radius 3 is 2.46 bits per heavy atom. The number of aromatic nitrogens is 6. The van der Waals surface area contributed by atoms with Gasteiger partial charge >= 0.3 is 0 Å². The van der Waals surface area contributed by atoms with Crippen molar-refractivity contribution in [1.82, 2.24) is 30.2 Å². The highest BCUT2D eigenvalue weighted by Gasteiger charge is 2.18. The molecule has 0 aliphatic heterocycles. The summed E-state index contributed by atoms with van der Waals surface area (Å²) >= 11 is 0. The van der Waals surface area contributed by atoms with Gasteiger partial charge in [-0.1, -0.05) is 68.3 Å². The summed E-state index contributed by atoms with van der Waals surface area (Å²) in [5, 5.41) is 25.5. The number of aromatic hydroxyl groups is 1. The number of hydrogen-bond donors (Lipinski definition) is 2. The minimum Gasteiger partial charge on any atom is -0.505 e. The summed E-state index contributed by atoms with van der Waals surface area (Å²) in [6, 6.07) is 18.7. The zero-order valence-electron chi connectivity index (χ0n) is 20.4. The summed E-state index contributed by atoms with van der Waals surface area (Å²) in [5.41, 5.74) is 7.88. The van der Waals surface area contributed by atoms with E-state index >= 15 is 0 Å². The van der Waals surface area contributed by atoms with E-state index in [1.54, 1.807) is 0 Å². The normalized spacial score (nSPS) is 11.4. The monoisotopic (exact) mass is 466 g/mol. The van der Waals surface area contributed by atoms with Gasteiger partial charge in [-0.2, -0.15) is 5.21 Å². The van der Waals surface area contributed by atoms with Gasteiger partial charge in [0.05, 0.1) is 5.52 Å². The van der Waals surface area contributed by atoms with E-state index in [0.29, 0.717) is 18.1 Å². The summed E-state index contributed by atoms with van der Waals surface area (Å²) in [5.74, 6) is 1.94. The standard InChI is InChI=1S/C28H30N6O/c1-4-5-6-11-25-29-24-16-18(2)19(3)27(35)26(24)34(25)17-20-12-14-21(15-13-20)22-9-7-8-10-23(22)28-30-32-33-31-28/h7-10,12-16,35H,4-6,11,17H2,1-3H3,(H,30,31,32,33). The maximum absolute atomic E-state index is 11.0. The minimum atomic E-state index is 0.333. The van der Waals surface area contributed by atoms with Crippen LogP contribution in [0.25, 0.3) is 33.5 Å². The Balaban J connectivity index is 1.50. The maximum Gasteiger partial charge on any atom is 0.205 e. The van der Waals surface area contributed by atoms with E-state index in [9.17, 15) is 5.11 Å². The number of nitrogens with zero attached hydrogens (tertiary/aromatic N) is 5. The van der Waals surface area contributed by atoms with Gasteiger partial charge < -0.3 is 9.67 Å². The third-order valence-electron chi connectivity index (χ3n) is 6.72. The fourth-order valence-electron chi connectivity index (χ4n) is 4.62. The van der Waals surface area contributed by atoms with Crippen LogP contribution < -0.4 is 0 Å². The number of H-pyrrole nitrogens is 1. The Morgan fingerprint density at radius 1 is 0.971 bits per heavy atom. The molecule has 5 aromatic rings. The average molecular weight is 467 g/mol. The number of phenolic OH excluding ortho intramolecular Hbond substituents is 1. The fraction of sp³-hybridized carbons (Fsp3) is 0.286. The number of aromatic amines is 1. The predicted molar refractivity (Wildman–Crippen MR) is 138 cm³/mol. The number of benzene rings is 3. The molecular weight excluding hydrogens is 436 g/mol. The molecule has 2 aromatic heterocycles. The number of imidazole rings is 1. The second-order valence-electron chi connectivity index (χ2n) is 9.08. The van der Waals surface area contributed by atoms with Crippen molar-refractivity contribution in [2.24, 2.45) is 0 Å². The van der Waals surface area contributed by atoms with E-state index in [0.717, 1.165) is 69.5 Å². The number of unbranched alkanes of at least 4 members (excludes halogenated alkanes) is 2. The molecule has 0 atom stereocenters. The van der Waals surface area contributed by atoms with Crippen molar-refractivity contribution in [1.29, 1.82) is 0 Å². The van der Waals surface area contributed by atoms with Crippen LogP contribution in [0.3, 0.4) is 0 Å². The van der Waals surface area contributed by atoms with Gasteiger partial charge in [0.15, 0.2) is 0 Å². The molecule has 0 fully saturated rings. The molecule has 0 unspecified atom stereocenters. The van der Waals surface area contributed by atoms with Crippen LogP contribution in [0.2, 0.25) is 0 Å². The van der Waals surface area contributed by atoms with Crippen LogP contribution in [-0.4, -0.2) is 35.3 Å². The Kier molecular flexibility index (Phi) is 6.31. The highest BCUT2D eigenvalue weighted by atomic mass is 16.3. The number of fused-ring (bicyclic) bond motifs is 1. The number of rotatable bonds is 8. The van der Waals surface area contributed by atoms with Crippen molar-refractivity contribution in [3.05, 3.63) is 77.1 Å². The van der Waals surface area contributed by atoms with Gasteiger partial charge in [-0.15, -0.1) is 10.2 Å². The topological polar surface area (TPSA) is 92.5 Å². The Bertz CT molecular complexity index is 1450. The molecule has 0 saturated heterocycles. The summed E-state index contributed by atoms with van der Waals surface area (Å²) < 4.78 is 2.19. The van der Waals surface area contributed by atoms with Crippen LogP contribution in [0.4, 0.5) is 0 Å². The summed E-state index contributed by atoms with van der Waals surface area (Å²) in [6.07, 6.45) is 4.32. The lowest BCUT2D eigenvalue weighted by Crippen LogP contribution is -2.06. The molecule has 5 rings (SSSR count). The van der Waals surface area contributed by atoms with Crippen molar-refractivity contribution < 1.29 is 5.11 Å². The van der Waals surface area contributed by atoms with Gasteiger partial charge in [0.2, 0.25) is 5.82 Å². The third-order valence-corrected chi connectivity index (χ3v) is 6.72. The largest absolute Gasteiger partial charge is 0.505 e. The van der Waals surface area contributed by atoms with Crippen LogP contribution in [0.15, 0.2) is 54.6 Å². The minimum absolute atomic E-state index is 0.333. The van der Waals surface area contributed by atoms with E-state index < -0.39 is 0 Å². The highest BCUT2D eigenvalue weighted by molar-refractivity contribution is 5.85. The first-order valence-electron chi connectivity index (χ1n) is 12.2. The average Bonchev–Trinajstić information content (AvgIpc) is 3.52.